The lowest BCUT2D eigenvalue weighted by molar-refractivity contribution is 0.285. The van der Waals surface area contributed by atoms with Crippen LogP contribution in [0.2, 0.25) is 0 Å². The van der Waals surface area contributed by atoms with Crippen LogP contribution >= 0.6 is 11.3 Å². The van der Waals surface area contributed by atoms with Crippen LogP contribution in [0.5, 0.6) is 0 Å². The maximum atomic E-state index is 4.57. The summed E-state index contributed by atoms with van der Waals surface area (Å²) in [7, 11) is 4.05. The average Bonchev–Trinajstić information content (AvgIpc) is 2.68. The molecule has 0 spiro atoms. The van der Waals surface area contributed by atoms with Crippen LogP contribution in [0.1, 0.15) is 5.01 Å². The van der Waals surface area contributed by atoms with Gasteiger partial charge >= 0.3 is 0 Å². The summed E-state index contributed by atoms with van der Waals surface area (Å²) in [6.07, 6.45) is 0. The zero-order valence-electron chi connectivity index (χ0n) is 9.23. The fourth-order valence-electron chi connectivity index (χ4n) is 1.51. The van der Waals surface area contributed by atoms with Gasteiger partial charge in [-0.05, 0) is 0 Å². The van der Waals surface area contributed by atoms with Crippen molar-refractivity contribution >= 4 is 17.2 Å². The summed E-state index contributed by atoms with van der Waals surface area (Å²) in [4.78, 5) is 8.94. The first-order valence-electron chi connectivity index (χ1n) is 5.15. The predicted molar refractivity (Wildman–Crippen MR) is 64.0 cm³/mol. The lowest BCUT2D eigenvalue weighted by atomic mass is 10.3. The SMILES string of the molecule is CN(C)c1csc(CN2[CH]CNCC2)n1. The van der Waals surface area contributed by atoms with Crippen LogP contribution in [0.25, 0.3) is 0 Å². The third-order valence-electron chi connectivity index (χ3n) is 2.41. The molecule has 1 N–H and O–H groups in total. The molecule has 15 heavy (non-hydrogen) atoms. The Hall–Kier alpha value is -0.650. The van der Waals surface area contributed by atoms with Gasteiger partial charge in [-0.25, -0.2) is 4.98 Å². The fraction of sp³-hybridized carbons (Fsp3) is 0.600. The first-order valence-corrected chi connectivity index (χ1v) is 6.03. The van der Waals surface area contributed by atoms with Crippen LogP contribution in [0.15, 0.2) is 5.38 Å². The van der Waals surface area contributed by atoms with E-state index in [1.807, 2.05) is 19.0 Å². The Morgan fingerprint density at radius 1 is 1.60 bits per heavy atom. The number of hydrogen-bond donors (Lipinski definition) is 1. The van der Waals surface area contributed by atoms with Gasteiger partial charge in [0.25, 0.3) is 0 Å². The molecule has 0 amide bonds. The second-order valence-corrected chi connectivity index (χ2v) is 4.79. The van der Waals surface area contributed by atoms with Crippen LogP contribution in [-0.2, 0) is 6.54 Å². The second-order valence-electron chi connectivity index (χ2n) is 3.85. The van der Waals surface area contributed by atoms with E-state index in [2.05, 4.69) is 27.1 Å². The number of nitrogens with zero attached hydrogens (tertiary/aromatic N) is 3. The maximum Gasteiger partial charge on any atom is 0.139 e. The van der Waals surface area contributed by atoms with Crippen molar-refractivity contribution in [3.63, 3.8) is 0 Å². The van der Waals surface area contributed by atoms with Gasteiger partial charge in [-0.2, -0.15) is 0 Å². The summed E-state index contributed by atoms with van der Waals surface area (Å²) >= 11 is 1.74. The minimum atomic E-state index is 0.945. The van der Waals surface area contributed by atoms with Crippen molar-refractivity contribution < 1.29 is 0 Å². The Morgan fingerprint density at radius 2 is 2.47 bits per heavy atom. The standard InChI is InChI=1S/C10H17N4S/c1-13(2)9-8-15-10(12-9)7-14-5-3-11-4-6-14/h5,8,11H,3-4,6-7H2,1-2H3. The van der Waals surface area contributed by atoms with E-state index in [0.29, 0.717) is 0 Å². The highest BCUT2D eigenvalue weighted by atomic mass is 32.1. The number of piperazine rings is 1. The zero-order valence-corrected chi connectivity index (χ0v) is 10.0. The number of aromatic nitrogens is 1. The Labute approximate surface area is 94.9 Å². The Balaban J connectivity index is 1.91. The van der Waals surface area contributed by atoms with Gasteiger partial charge in [-0.15, -0.1) is 11.3 Å². The molecule has 2 rings (SSSR count). The van der Waals surface area contributed by atoms with E-state index in [0.717, 1.165) is 32.0 Å². The molecule has 1 aromatic heterocycles. The summed E-state index contributed by atoms with van der Waals surface area (Å²) in [6.45, 7) is 6.28. The average molecular weight is 225 g/mol. The molecular weight excluding hydrogens is 208 g/mol. The summed E-state index contributed by atoms with van der Waals surface area (Å²) in [5, 5.41) is 6.60. The molecule has 5 heteroatoms. The third kappa shape index (κ3) is 2.90. The van der Waals surface area contributed by atoms with Crippen molar-refractivity contribution in [1.29, 1.82) is 0 Å². The van der Waals surface area contributed by atoms with E-state index in [9.17, 15) is 0 Å². The molecule has 1 radical (unpaired) electrons. The summed E-state index contributed by atoms with van der Waals surface area (Å²) in [5.74, 6) is 1.06. The number of rotatable bonds is 3. The van der Waals surface area contributed by atoms with E-state index in [-0.39, 0.29) is 0 Å². The normalized spacial score (nSPS) is 18.0. The third-order valence-corrected chi connectivity index (χ3v) is 3.23. The summed E-state index contributed by atoms with van der Waals surface area (Å²) < 4.78 is 0. The molecule has 1 aliphatic rings. The van der Waals surface area contributed by atoms with E-state index in [1.54, 1.807) is 11.3 Å². The van der Waals surface area contributed by atoms with Crippen LogP contribution in [0.3, 0.4) is 0 Å². The van der Waals surface area contributed by atoms with Crippen molar-refractivity contribution in [3.05, 3.63) is 16.9 Å². The highest BCUT2D eigenvalue weighted by molar-refractivity contribution is 7.10. The van der Waals surface area contributed by atoms with E-state index >= 15 is 0 Å². The zero-order chi connectivity index (χ0) is 10.7. The van der Waals surface area contributed by atoms with E-state index in [1.165, 1.54) is 5.01 Å². The topological polar surface area (TPSA) is 31.4 Å². The van der Waals surface area contributed by atoms with Gasteiger partial charge in [0.15, 0.2) is 0 Å². The van der Waals surface area contributed by atoms with Gasteiger partial charge in [0.1, 0.15) is 10.8 Å². The number of nitrogens with one attached hydrogen (secondary N) is 1. The molecule has 0 saturated carbocycles. The van der Waals surface area contributed by atoms with Crippen LogP contribution in [0, 0.1) is 6.54 Å². The Morgan fingerprint density at radius 3 is 3.07 bits per heavy atom. The molecule has 0 unspecified atom stereocenters. The Bertz CT molecular complexity index is 304. The highest BCUT2D eigenvalue weighted by Crippen LogP contribution is 2.18. The smallest absolute Gasteiger partial charge is 0.139 e. The summed E-state index contributed by atoms with van der Waals surface area (Å²) in [6, 6.07) is 0. The van der Waals surface area contributed by atoms with Gasteiger partial charge in [0.05, 0.1) is 6.54 Å². The minimum absolute atomic E-state index is 0.945. The maximum absolute atomic E-state index is 4.57. The molecule has 2 heterocycles. The molecular formula is C10H17N4S. The van der Waals surface area contributed by atoms with Crippen molar-refractivity contribution in [2.75, 3.05) is 38.6 Å². The monoisotopic (exact) mass is 225 g/mol. The van der Waals surface area contributed by atoms with Crippen LogP contribution in [0.4, 0.5) is 5.82 Å². The highest BCUT2D eigenvalue weighted by Gasteiger charge is 2.12. The molecule has 1 aromatic rings. The molecule has 0 aromatic carbocycles. The molecule has 0 atom stereocenters. The molecule has 1 saturated heterocycles. The van der Waals surface area contributed by atoms with Gasteiger partial charge in [0, 0.05) is 45.7 Å². The van der Waals surface area contributed by atoms with Crippen molar-refractivity contribution in [2.45, 2.75) is 6.54 Å². The number of hydrogen-bond acceptors (Lipinski definition) is 5. The van der Waals surface area contributed by atoms with Gasteiger partial charge < -0.3 is 10.2 Å². The number of thiazole rings is 1. The van der Waals surface area contributed by atoms with E-state index < -0.39 is 0 Å². The van der Waals surface area contributed by atoms with Gasteiger partial charge in [-0.1, -0.05) is 0 Å². The van der Waals surface area contributed by atoms with Crippen molar-refractivity contribution in [3.8, 4) is 0 Å². The molecule has 83 valence electrons. The first kappa shape index (κ1) is 10.9. The minimum Gasteiger partial charge on any atom is -0.362 e. The fourth-order valence-corrected chi connectivity index (χ4v) is 2.40. The predicted octanol–water partition coefficient (Wildman–Crippen LogP) is 0.776. The molecule has 0 aliphatic carbocycles. The van der Waals surface area contributed by atoms with Crippen molar-refractivity contribution in [1.82, 2.24) is 15.2 Å². The number of anilines is 1. The molecule has 1 aliphatic heterocycles. The van der Waals surface area contributed by atoms with Crippen molar-refractivity contribution in [2.24, 2.45) is 0 Å². The first-order chi connectivity index (χ1) is 7.25. The van der Waals surface area contributed by atoms with Crippen LogP contribution in [-0.4, -0.2) is 43.6 Å². The van der Waals surface area contributed by atoms with Gasteiger partial charge in [0.2, 0.25) is 0 Å². The largest absolute Gasteiger partial charge is 0.362 e. The molecule has 4 nitrogen and oxygen atoms in total. The lowest BCUT2D eigenvalue weighted by Gasteiger charge is -2.25. The quantitative estimate of drug-likeness (QED) is 0.823. The molecule has 0 bridgehead atoms. The lowest BCUT2D eigenvalue weighted by Crippen LogP contribution is -2.39. The van der Waals surface area contributed by atoms with Gasteiger partial charge in [-0.3, -0.25) is 4.90 Å². The van der Waals surface area contributed by atoms with E-state index in [4.69, 9.17) is 0 Å². The Kier molecular flexibility index (Phi) is 3.56. The van der Waals surface area contributed by atoms with Crippen LogP contribution < -0.4 is 10.2 Å². The molecule has 1 fully saturated rings. The second kappa shape index (κ2) is 4.92. The summed E-state index contributed by atoms with van der Waals surface area (Å²) in [5.41, 5.74) is 0.